The van der Waals surface area contributed by atoms with E-state index in [1.54, 1.807) is 11.3 Å². The summed E-state index contributed by atoms with van der Waals surface area (Å²) in [6.07, 6.45) is 2.09. The zero-order valence-corrected chi connectivity index (χ0v) is 12.3. The Balaban J connectivity index is 2.39. The molecule has 0 N–H and O–H groups in total. The largest absolute Gasteiger partial charge is 0.348 e. The van der Waals surface area contributed by atoms with Gasteiger partial charge < -0.3 is 4.90 Å². The molecule has 2 aromatic heterocycles. The number of anilines is 1. The molecule has 0 saturated carbocycles. The van der Waals surface area contributed by atoms with Crippen LogP contribution in [0.1, 0.15) is 29.1 Å². The molecule has 0 fully saturated rings. The van der Waals surface area contributed by atoms with Crippen molar-refractivity contribution in [3.8, 4) is 0 Å². The molecule has 0 bridgehead atoms. The van der Waals surface area contributed by atoms with Crippen LogP contribution < -0.4 is 4.90 Å². The van der Waals surface area contributed by atoms with Gasteiger partial charge in [0.15, 0.2) is 6.29 Å². The standard InChI is InChI=1S/C13H14ClN3OS/c1-9(2)17(6-10-4-3-5-19-10)13-11(7-18)12(14)15-8-16-13/h3-5,7-9H,6H2,1-2H3. The Hall–Kier alpha value is -1.46. The van der Waals surface area contributed by atoms with Crippen LogP contribution in [-0.2, 0) is 6.54 Å². The SMILES string of the molecule is CC(C)N(Cc1cccs1)c1ncnc(Cl)c1C=O. The lowest BCUT2D eigenvalue weighted by atomic mass is 10.2. The third kappa shape index (κ3) is 3.11. The minimum Gasteiger partial charge on any atom is -0.348 e. The monoisotopic (exact) mass is 295 g/mol. The van der Waals surface area contributed by atoms with E-state index >= 15 is 0 Å². The number of hydrogen-bond donors (Lipinski definition) is 0. The summed E-state index contributed by atoms with van der Waals surface area (Å²) < 4.78 is 0. The van der Waals surface area contributed by atoms with Crippen molar-refractivity contribution in [2.24, 2.45) is 0 Å². The van der Waals surface area contributed by atoms with E-state index in [1.165, 1.54) is 11.2 Å². The molecule has 19 heavy (non-hydrogen) atoms. The second kappa shape index (κ2) is 6.12. The number of nitrogens with zero attached hydrogens (tertiary/aromatic N) is 3. The number of aromatic nitrogens is 2. The highest BCUT2D eigenvalue weighted by Gasteiger charge is 2.19. The Morgan fingerprint density at radius 2 is 2.26 bits per heavy atom. The van der Waals surface area contributed by atoms with Crippen molar-refractivity contribution in [2.45, 2.75) is 26.4 Å². The van der Waals surface area contributed by atoms with Gasteiger partial charge in [-0.3, -0.25) is 4.79 Å². The molecule has 0 amide bonds. The first kappa shape index (κ1) is 14.0. The molecular weight excluding hydrogens is 282 g/mol. The van der Waals surface area contributed by atoms with E-state index in [-0.39, 0.29) is 11.2 Å². The van der Waals surface area contributed by atoms with Crippen molar-refractivity contribution in [1.82, 2.24) is 9.97 Å². The van der Waals surface area contributed by atoms with Gasteiger partial charge in [0, 0.05) is 10.9 Å². The lowest BCUT2D eigenvalue weighted by molar-refractivity contribution is 0.112. The minimum absolute atomic E-state index is 0.192. The first-order chi connectivity index (χ1) is 9.13. The van der Waals surface area contributed by atoms with Crippen LogP contribution in [0.2, 0.25) is 5.15 Å². The Bertz CT molecular complexity index is 557. The van der Waals surface area contributed by atoms with Crippen LogP contribution in [0.15, 0.2) is 23.8 Å². The summed E-state index contributed by atoms with van der Waals surface area (Å²) in [5.41, 5.74) is 0.342. The zero-order valence-electron chi connectivity index (χ0n) is 10.7. The Morgan fingerprint density at radius 1 is 1.47 bits per heavy atom. The Labute approximate surface area is 121 Å². The van der Waals surface area contributed by atoms with Gasteiger partial charge in [-0.15, -0.1) is 11.3 Å². The minimum atomic E-state index is 0.192. The fourth-order valence-electron chi connectivity index (χ4n) is 1.77. The number of aldehydes is 1. The second-order valence-electron chi connectivity index (χ2n) is 4.32. The van der Waals surface area contributed by atoms with Gasteiger partial charge in [0.25, 0.3) is 0 Å². The highest BCUT2D eigenvalue weighted by molar-refractivity contribution is 7.09. The van der Waals surface area contributed by atoms with Gasteiger partial charge in [-0.25, -0.2) is 9.97 Å². The molecule has 4 nitrogen and oxygen atoms in total. The van der Waals surface area contributed by atoms with Gasteiger partial charge >= 0.3 is 0 Å². The van der Waals surface area contributed by atoms with Crippen LogP contribution in [0.4, 0.5) is 5.82 Å². The van der Waals surface area contributed by atoms with E-state index in [0.29, 0.717) is 24.2 Å². The summed E-state index contributed by atoms with van der Waals surface area (Å²) in [7, 11) is 0. The number of carbonyl (C=O) groups excluding carboxylic acids is 1. The van der Waals surface area contributed by atoms with Crippen LogP contribution >= 0.6 is 22.9 Å². The molecule has 0 radical (unpaired) electrons. The zero-order chi connectivity index (χ0) is 13.8. The fourth-order valence-corrected chi connectivity index (χ4v) is 2.64. The fraction of sp³-hybridized carbons (Fsp3) is 0.308. The van der Waals surface area contributed by atoms with Crippen LogP contribution in [0.3, 0.4) is 0 Å². The molecule has 0 atom stereocenters. The van der Waals surface area contributed by atoms with E-state index in [4.69, 9.17) is 11.6 Å². The van der Waals surface area contributed by atoms with Gasteiger partial charge in [0.1, 0.15) is 17.3 Å². The average Bonchev–Trinajstić information content (AvgIpc) is 2.88. The molecule has 0 unspecified atom stereocenters. The van der Waals surface area contributed by atoms with Crippen molar-refractivity contribution in [2.75, 3.05) is 4.90 Å². The third-order valence-electron chi connectivity index (χ3n) is 2.73. The van der Waals surface area contributed by atoms with E-state index in [1.807, 2.05) is 16.3 Å². The molecule has 100 valence electrons. The average molecular weight is 296 g/mol. The number of thiophene rings is 1. The van der Waals surface area contributed by atoms with Crippen LogP contribution in [0, 0.1) is 0 Å². The van der Waals surface area contributed by atoms with Crippen LogP contribution in [-0.4, -0.2) is 22.3 Å². The molecule has 0 saturated heterocycles. The quantitative estimate of drug-likeness (QED) is 0.626. The summed E-state index contributed by atoms with van der Waals surface area (Å²) in [6.45, 7) is 4.81. The molecule has 2 heterocycles. The Kier molecular flexibility index (Phi) is 4.50. The van der Waals surface area contributed by atoms with Gasteiger partial charge in [0.2, 0.25) is 0 Å². The smallest absolute Gasteiger partial charge is 0.156 e. The number of carbonyl (C=O) groups is 1. The van der Waals surface area contributed by atoms with Crippen molar-refractivity contribution in [3.63, 3.8) is 0 Å². The molecule has 0 spiro atoms. The summed E-state index contributed by atoms with van der Waals surface area (Å²) in [5, 5.41) is 2.22. The number of rotatable bonds is 5. The van der Waals surface area contributed by atoms with E-state index in [0.717, 1.165) is 0 Å². The summed E-state index contributed by atoms with van der Waals surface area (Å²) in [5.74, 6) is 0.582. The van der Waals surface area contributed by atoms with Gasteiger partial charge in [-0.2, -0.15) is 0 Å². The summed E-state index contributed by atoms with van der Waals surface area (Å²) in [6, 6.07) is 4.27. The third-order valence-corrected chi connectivity index (χ3v) is 3.90. The van der Waals surface area contributed by atoms with Gasteiger partial charge in [-0.1, -0.05) is 17.7 Å². The highest BCUT2D eigenvalue weighted by atomic mass is 35.5. The van der Waals surface area contributed by atoms with Crippen molar-refractivity contribution >= 4 is 35.0 Å². The maximum absolute atomic E-state index is 11.2. The lowest BCUT2D eigenvalue weighted by Crippen LogP contribution is -2.31. The molecule has 6 heteroatoms. The molecule has 2 aromatic rings. The molecule has 0 aliphatic carbocycles. The molecule has 0 aliphatic heterocycles. The van der Waals surface area contributed by atoms with E-state index < -0.39 is 0 Å². The van der Waals surface area contributed by atoms with Crippen molar-refractivity contribution in [3.05, 3.63) is 39.4 Å². The first-order valence-corrected chi connectivity index (χ1v) is 7.14. The molecule has 2 rings (SSSR count). The summed E-state index contributed by atoms with van der Waals surface area (Å²) in [4.78, 5) is 22.5. The predicted molar refractivity (Wildman–Crippen MR) is 78.1 cm³/mol. The topological polar surface area (TPSA) is 46.1 Å². The first-order valence-electron chi connectivity index (χ1n) is 5.88. The maximum atomic E-state index is 11.2. The predicted octanol–water partition coefficient (Wildman–Crippen LogP) is 3.42. The molecular formula is C13H14ClN3OS. The van der Waals surface area contributed by atoms with Gasteiger partial charge in [-0.05, 0) is 25.3 Å². The Morgan fingerprint density at radius 3 is 2.84 bits per heavy atom. The van der Waals surface area contributed by atoms with Gasteiger partial charge in [0.05, 0.1) is 12.1 Å². The normalized spacial score (nSPS) is 10.7. The maximum Gasteiger partial charge on any atom is 0.156 e. The lowest BCUT2D eigenvalue weighted by Gasteiger charge is -2.28. The summed E-state index contributed by atoms with van der Waals surface area (Å²) >= 11 is 7.63. The van der Waals surface area contributed by atoms with E-state index in [9.17, 15) is 4.79 Å². The molecule has 0 aliphatic rings. The van der Waals surface area contributed by atoms with Crippen LogP contribution in [0.25, 0.3) is 0 Å². The highest BCUT2D eigenvalue weighted by Crippen LogP contribution is 2.25. The number of halogens is 1. The van der Waals surface area contributed by atoms with Crippen molar-refractivity contribution < 1.29 is 4.79 Å². The second-order valence-corrected chi connectivity index (χ2v) is 5.71. The van der Waals surface area contributed by atoms with Crippen molar-refractivity contribution in [1.29, 1.82) is 0 Å². The molecule has 0 aromatic carbocycles. The van der Waals surface area contributed by atoms with E-state index in [2.05, 4.69) is 29.9 Å². The number of hydrogen-bond acceptors (Lipinski definition) is 5. The van der Waals surface area contributed by atoms with Crippen LogP contribution in [0.5, 0.6) is 0 Å².